The summed E-state index contributed by atoms with van der Waals surface area (Å²) in [5.41, 5.74) is -0.0323. The number of hydrogen-bond acceptors (Lipinski definition) is 9. The minimum Gasteiger partial charge on any atom is -0.481 e. The monoisotopic (exact) mass is 404 g/mol. The van der Waals surface area contributed by atoms with Gasteiger partial charge in [-0.25, -0.2) is 9.78 Å². The lowest BCUT2D eigenvalue weighted by Gasteiger charge is -2.22. The molecule has 10 heteroatoms. The van der Waals surface area contributed by atoms with Crippen molar-refractivity contribution in [3.63, 3.8) is 0 Å². The van der Waals surface area contributed by atoms with E-state index in [0.29, 0.717) is 6.42 Å². The molecule has 0 radical (unpaired) electrons. The van der Waals surface area contributed by atoms with Gasteiger partial charge in [0.15, 0.2) is 11.4 Å². The molecule has 0 fully saturated rings. The van der Waals surface area contributed by atoms with Gasteiger partial charge in [-0.2, -0.15) is 9.97 Å². The number of rotatable bonds is 9. The second-order valence-electron chi connectivity index (χ2n) is 6.05. The zero-order valence-electron chi connectivity index (χ0n) is 17.0. The maximum Gasteiger partial charge on any atom is 0.328 e. The second-order valence-corrected chi connectivity index (χ2v) is 6.05. The van der Waals surface area contributed by atoms with Gasteiger partial charge in [-0.3, -0.25) is 4.79 Å². The third-order valence-electron chi connectivity index (χ3n) is 4.22. The van der Waals surface area contributed by atoms with Crippen LogP contribution in [0.3, 0.4) is 0 Å². The summed E-state index contributed by atoms with van der Waals surface area (Å²) >= 11 is 0. The highest BCUT2D eigenvalue weighted by Gasteiger charge is 2.28. The Balaban J connectivity index is 2.30. The van der Waals surface area contributed by atoms with Crippen molar-refractivity contribution >= 4 is 11.9 Å². The van der Waals surface area contributed by atoms with Crippen molar-refractivity contribution in [1.29, 1.82) is 0 Å². The summed E-state index contributed by atoms with van der Waals surface area (Å²) in [6, 6.07) is 3.70. The first-order valence-corrected chi connectivity index (χ1v) is 8.92. The van der Waals surface area contributed by atoms with Gasteiger partial charge in [-0.05, 0) is 18.1 Å². The van der Waals surface area contributed by atoms with E-state index in [1.54, 1.807) is 6.07 Å². The molecule has 1 N–H and O–H groups in total. The standard InChI is InChI=1S/C19H24N4O6/c1-6-11(2)15(18(25)28-5)23-17(24)16-12(8-7-9-20-16)29-19-21-13(26-3)10-14(22-19)27-4/h7-11,15H,6H2,1-5H3,(H,23,24). The Morgan fingerprint density at radius 2 is 1.79 bits per heavy atom. The molecule has 0 saturated carbocycles. The van der Waals surface area contributed by atoms with Gasteiger partial charge in [-0.1, -0.05) is 20.3 Å². The first-order chi connectivity index (χ1) is 13.9. The van der Waals surface area contributed by atoms with Crippen molar-refractivity contribution in [2.75, 3.05) is 21.3 Å². The molecule has 2 atom stereocenters. The normalized spacial score (nSPS) is 12.4. The largest absolute Gasteiger partial charge is 0.481 e. The number of aromatic nitrogens is 3. The highest BCUT2D eigenvalue weighted by atomic mass is 16.5. The van der Waals surface area contributed by atoms with Gasteiger partial charge in [0.1, 0.15) is 6.04 Å². The number of carbonyl (C=O) groups is 2. The summed E-state index contributed by atoms with van der Waals surface area (Å²) in [7, 11) is 4.15. The average Bonchev–Trinajstić information content (AvgIpc) is 2.76. The molecule has 2 aromatic heterocycles. The molecule has 29 heavy (non-hydrogen) atoms. The summed E-state index contributed by atoms with van der Waals surface area (Å²) in [4.78, 5) is 37.1. The van der Waals surface area contributed by atoms with Crippen molar-refractivity contribution in [3.8, 4) is 23.5 Å². The van der Waals surface area contributed by atoms with E-state index in [1.165, 1.54) is 39.7 Å². The van der Waals surface area contributed by atoms with Crippen LogP contribution in [0.1, 0.15) is 30.8 Å². The summed E-state index contributed by atoms with van der Waals surface area (Å²) in [5.74, 6) is -0.704. The van der Waals surface area contributed by atoms with Gasteiger partial charge in [0, 0.05) is 6.20 Å². The fourth-order valence-corrected chi connectivity index (χ4v) is 2.39. The quantitative estimate of drug-likeness (QED) is 0.625. The molecular weight excluding hydrogens is 380 g/mol. The van der Waals surface area contributed by atoms with Crippen LogP contribution in [0, 0.1) is 5.92 Å². The summed E-state index contributed by atoms with van der Waals surface area (Å²) in [5, 5.41) is 2.66. The molecule has 2 heterocycles. The average molecular weight is 404 g/mol. The number of carbonyl (C=O) groups excluding carboxylic acids is 2. The lowest BCUT2D eigenvalue weighted by molar-refractivity contribution is -0.144. The second kappa shape index (κ2) is 10.2. The number of ether oxygens (including phenoxy) is 4. The van der Waals surface area contributed by atoms with Crippen molar-refractivity contribution in [2.45, 2.75) is 26.3 Å². The molecule has 156 valence electrons. The van der Waals surface area contributed by atoms with Crippen LogP contribution in [0.15, 0.2) is 24.4 Å². The molecule has 0 bridgehead atoms. The first kappa shape index (κ1) is 21.9. The molecule has 0 saturated heterocycles. The molecule has 10 nitrogen and oxygen atoms in total. The van der Waals surface area contributed by atoms with Gasteiger partial charge in [-0.15, -0.1) is 0 Å². The van der Waals surface area contributed by atoms with Crippen LogP contribution in [0.2, 0.25) is 0 Å². The van der Waals surface area contributed by atoms with Crippen LogP contribution in [0.5, 0.6) is 23.5 Å². The predicted molar refractivity (Wildman–Crippen MR) is 102 cm³/mol. The van der Waals surface area contributed by atoms with Gasteiger partial charge < -0.3 is 24.3 Å². The minimum absolute atomic E-state index is 0.0323. The third kappa shape index (κ3) is 5.53. The molecule has 2 rings (SSSR count). The zero-order valence-corrected chi connectivity index (χ0v) is 17.0. The van der Waals surface area contributed by atoms with Gasteiger partial charge in [0.05, 0.1) is 27.4 Å². The highest BCUT2D eigenvalue weighted by Crippen LogP contribution is 2.25. The molecule has 0 aliphatic rings. The van der Waals surface area contributed by atoms with E-state index in [9.17, 15) is 9.59 Å². The lowest BCUT2D eigenvalue weighted by atomic mass is 9.99. The Morgan fingerprint density at radius 1 is 1.14 bits per heavy atom. The zero-order chi connectivity index (χ0) is 21.4. The van der Waals surface area contributed by atoms with Gasteiger partial charge in [0.2, 0.25) is 11.8 Å². The Hall–Kier alpha value is -3.43. The van der Waals surface area contributed by atoms with Crippen molar-refractivity contribution < 1.29 is 28.5 Å². The van der Waals surface area contributed by atoms with E-state index in [2.05, 4.69) is 20.3 Å². The van der Waals surface area contributed by atoms with Crippen molar-refractivity contribution in [3.05, 3.63) is 30.1 Å². The van der Waals surface area contributed by atoms with Gasteiger partial charge >= 0.3 is 12.0 Å². The smallest absolute Gasteiger partial charge is 0.328 e. The fourth-order valence-electron chi connectivity index (χ4n) is 2.39. The molecule has 0 aliphatic carbocycles. The summed E-state index contributed by atoms with van der Waals surface area (Å²) in [6.45, 7) is 3.75. The van der Waals surface area contributed by atoms with Crippen LogP contribution < -0.4 is 19.5 Å². The van der Waals surface area contributed by atoms with Crippen molar-refractivity contribution in [2.24, 2.45) is 5.92 Å². The maximum absolute atomic E-state index is 12.8. The van der Waals surface area contributed by atoms with Crippen molar-refractivity contribution in [1.82, 2.24) is 20.3 Å². The third-order valence-corrected chi connectivity index (χ3v) is 4.22. The van der Waals surface area contributed by atoms with E-state index >= 15 is 0 Å². The number of nitrogens with zero attached hydrogens (tertiary/aromatic N) is 3. The SMILES string of the molecule is CCC(C)C(NC(=O)c1ncccc1Oc1nc(OC)cc(OC)n1)C(=O)OC. The Morgan fingerprint density at radius 3 is 2.34 bits per heavy atom. The van der Waals surface area contributed by atoms with Crippen LogP contribution in [-0.2, 0) is 9.53 Å². The Kier molecular flexibility index (Phi) is 7.70. The summed E-state index contributed by atoms with van der Waals surface area (Å²) in [6.07, 6.45) is 2.11. The number of pyridine rings is 1. The number of amides is 1. The van der Waals surface area contributed by atoms with E-state index < -0.39 is 17.9 Å². The number of esters is 1. The minimum atomic E-state index is -0.819. The molecule has 0 aliphatic heterocycles. The van der Waals surface area contributed by atoms with Gasteiger partial charge in [0.25, 0.3) is 5.91 Å². The Labute approximate surface area is 168 Å². The molecule has 0 aromatic carbocycles. The molecule has 2 unspecified atom stereocenters. The number of nitrogens with one attached hydrogen (secondary N) is 1. The fraction of sp³-hybridized carbons (Fsp3) is 0.421. The van der Waals surface area contributed by atoms with Crippen LogP contribution in [0.25, 0.3) is 0 Å². The molecule has 1 amide bonds. The number of hydrogen-bond donors (Lipinski definition) is 1. The van der Waals surface area contributed by atoms with Crippen LogP contribution >= 0.6 is 0 Å². The predicted octanol–water partition coefficient (Wildman–Crippen LogP) is 2.00. The first-order valence-electron chi connectivity index (χ1n) is 8.92. The molecule has 0 spiro atoms. The summed E-state index contributed by atoms with van der Waals surface area (Å²) < 4.78 is 20.6. The van der Waals surface area contributed by atoms with Crippen LogP contribution in [0.4, 0.5) is 0 Å². The van der Waals surface area contributed by atoms with E-state index in [1.807, 2.05) is 13.8 Å². The van der Waals surface area contributed by atoms with E-state index in [4.69, 9.17) is 18.9 Å². The van der Waals surface area contributed by atoms with E-state index in [0.717, 1.165) is 0 Å². The molecular formula is C19H24N4O6. The lowest BCUT2D eigenvalue weighted by Crippen LogP contribution is -2.46. The highest BCUT2D eigenvalue weighted by molar-refractivity contribution is 5.97. The number of methoxy groups -OCH3 is 3. The molecule has 2 aromatic rings. The van der Waals surface area contributed by atoms with E-state index in [-0.39, 0.29) is 35.1 Å². The topological polar surface area (TPSA) is 122 Å². The Bertz CT molecular complexity index is 838. The maximum atomic E-state index is 12.8. The van der Waals surface area contributed by atoms with Crippen LogP contribution in [-0.4, -0.2) is 54.2 Å².